The molecule has 0 aromatic heterocycles. The summed E-state index contributed by atoms with van der Waals surface area (Å²) >= 11 is 0. The minimum Gasteiger partial charge on any atom is -0.497 e. The van der Waals surface area contributed by atoms with Gasteiger partial charge in [-0.25, -0.2) is 0 Å². The van der Waals surface area contributed by atoms with Crippen LogP contribution in [0.2, 0.25) is 18.1 Å². The molecule has 0 aliphatic heterocycles. The van der Waals surface area contributed by atoms with Crippen LogP contribution in [0.5, 0.6) is 5.75 Å². The Morgan fingerprint density at radius 1 is 1.05 bits per heavy atom. The lowest BCUT2D eigenvalue weighted by atomic mass is 9.96. The molecule has 1 aliphatic carbocycles. The van der Waals surface area contributed by atoms with Crippen LogP contribution in [0.25, 0.3) is 0 Å². The highest BCUT2D eigenvalue weighted by molar-refractivity contribution is 6.74. The van der Waals surface area contributed by atoms with E-state index in [2.05, 4.69) is 58.7 Å². The summed E-state index contributed by atoms with van der Waals surface area (Å²) in [7, 11) is -0.196. The van der Waals surface area contributed by atoms with E-state index >= 15 is 0 Å². The zero-order valence-electron chi connectivity index (χ0n) is 25.6. The van der Waals surface area contributed by atoms with Gasteiger partial charge in [0.05, 0.1) is 13.7 Å². The van der Waals surface area contributed by atoms with Crippen LogP contribution in [0.15, 0.2) is 48.1 Å². The number of allylic oxidation sites excluding steroid dienone is 3. The van der Waals surface area contributed by atoms with Crippen molar-refractivity contribution in [1.29, 1.82) is 0 Å². The number of hydrogen-bond donors (Lipinski definition) is 0. The summed E-state index contributed by atoms with van der Waals surface area (Å²) in [6.07, 6.45) is 15.1. The van der Waals surface area contributed by atoms with E-state index in [1.165, 1.54) is 19.3 Å². The Kier molecular flexibility index (Phi) is 14.3. The molecule has 0 saturated carbocycles. The van der Waals surface area contributed by atoms with Gasteiger partial charge >= 0.3 is 0 Å². The van der Waals surface area contributed by atoms with Gasteiger partial charge in [0, 0.05) is 37.0 Å². The molecule has 216 valence electrons. The Bertz CT molecular complexity index is 989. The van der Waals surface area contributed by atoms with E-state index in [0.29, 0.717) is 13.0 Å². The number of ether oxygens (including phenoxy) is 2. The summed E-state index contributed by atoms with van der Waals surface area (Å²) in [5.74, 6) is 7.72. The number of ketones is 1. The third-order valence-electron chi connectivity index (χ3n) is 7.88. The number of hydrogen-bond acceptors (Lipinski definition) is 4. The smallest absolute Gasteiger partial charge is 0.192 e. The lowest BCUT2D eigenvalue weighted by Crippen LogP contribution is -2.43. The average molecular weight is 553 g/mol. The highest BCUT2D eigenvalue weighted by Crippen LogP contribution is 2.38. The van der Waals surface area contributed by atoms with Crippen molar-refractivity contribution in [3.05, 3.63) is 53.6 Å². The second-order valence-corrected chi connectivity index (χ2v) is 16.9. The molecule has 4 nitrogen and oxygen atoms in total. The van der Waals surface area contributed by atoms with Gasteiger partial charge < -0.3 is 13.9 Å². The summed E-state index contributed by atoms with van der Waals surface area (Å²) in [6.45, 7) is 15.1. The zero-order valence-corrected chi connectivity index (χ0v) is 26.6. The van der Waals surface area contributed by atoms with Crippen LogP contribution < -0.4 is 4.74 Å². The van der Waals surface area contributed by atoms with Gasteiger partial charge in [-0.05, 0) is 67.6 Å². The Hall–Kier alpha value is -2.13. The fraction of sp³-hybridized carbons (Fsp3) is 0.618. The monoisotopic (exact) mass is 552 g/mol. The number of methoxy groups -OCH3 is 1. The molecule has 0 unspecified atom stereocenters. The Balaban J connectivity index is 1.79. The molecule has 0 fully saturated rings. The maximum atomic E-state index is 12.6. The predicted octanol–water partition coefficient (Wildman–Crippen LogP) is 8.82. The third kappa shape index (κ3) is 11.9. The van der Waals surface area contributed by atoms with Gasteiger partial charge in [-0.1, -0.05) is 71.2 Å². The SMILES string of the molecule is CCCCC[C@@H](C/C=C1\C(=O)C=C[C@@H]1CC#CCCCCOCc1ccc(OC)cc1)O[Si](C)(C)C(C)(C)C. The molecule has 0 N–H and O–H groups in total. The summed E-state index contributed by atoms with van der Waals surface area (Å²) < 4.78 is 17.8. The van der Waals surface area contributed by atoms with Crippen LogP contribution in [0, 0.1) is 17.8 Å². The number of rotatable bonds is 16. The first-order valence-electron chi connectivity index (χ1n) is 14.8. The van der Waals surface area contributed by atoms with Gasteiger partial charge in [0.1, 0.15) is 5.75 Å². The van der Waals surface area contributed by atoms with E-state index < -0.39 is 8.32 Å². The van der Waals surface area contributed by atoms with E-state index in [9.17, 15) is 4.79 Å². The van der Waals surface area contributed by atoms with Crippen molar-refractivity contribution in [1.82, 2.24) is 0 Å². The topological polar surface area (TPSA) is 44.8 Å². The Morgan fingerprint density at radius 2 is 1.79 bits per heavy atom. The van der Waals surface area contributed by atoms with Crippen molar-refractivity contribution < 1.29 is 18.7 Å². The van der Waals surface area contributed by atoms with Crippen molar-refractivity contribution in [2.24, 2.45) is 5.92 Å². The fourth-order valence-corrected chi connectivity index (χ4v) is 5.72. The standard InChI is InChI=1S/C34H52O4Si/c1-8-9-13-17-31(38-39(6,7)34(2,3)4)23-24-32-29(20-25-33(32)35)16-14-11-10-12-15-26-37-27-28-18-21-30(36-5)22-19-28/h18-22,24-25,29,31H,8-10,12-13,15-17,23,26-27H2,1-7H3/b32-24-/t29-,31-/m0/s1. The molecule has 1 aliphatic rings. The molecule has 1 aromatic carbocycles. The molecule has 5 heteroatoms. The van der Waals surface area contributed by atoms with Gasteiger partial charge in [-0.2, -0.15) is 0 Å². The van der Waals surface area contributed by atoms with Gasteiger partial charge in [-0.15, -0.1) is 11.8 Å². The number of benzene rings is 1. The molecule has 0 heterocycles. The van der Waals surface area contributed by atoms with E-state index in [4.69, 9.17) is 13.9 Å². The van der Waals surface area contributed by atoms with Crippen molar-refractivity contribution in [2.75, 3.05) is 13.7 Å². The number of unbranched alkanes of at least 4 members (excludes halogenated alkanes) is 4. The third-order valence-corrected chi connectivity index (χ3v) is 12.4. The van der Waals surface area contributed by atoms with Crippen molar-refractivity contribution in [3.63, 3.8) is 0 Å². The quantitative estimate of drug-likeness (QED) is 0.0889. The Labute approximate surface area is 239 Å². The second kappa shape index (κ2) is 16.9. The minimum absolute atomic E-state index is 0.0991. The lowest BCUT2D eigenvalue weighted by Gasteiger charge is -2.39. The molecule has 0 saturated heterocycles. The number of carbonyl (C=O) groups is 1. The van der Waals surface area contributed by atoms with Gasteiger partial charge in [0.15, 0.2) is 14.1 Å². The molecule has 2 rings (SSSR count). The van der Waals surface area contributed by atoms with Crippen molar-refractivity contribution in [3.8, 4) is 17.6 Å². The molecule has 0 radical (unpaired) electrons. The molecular weight excluding hydrogens is 500 g/mol. The van der Waals surface area contributed by atoms with E-state index in [1.54, 1.807) is 13.2 Å². The molecule has 0 amide bonds. The van der Waals surface area contributed by atoms with Crippen molar-refractivity contribution >= 4 is 14.1 Å². The van der Waals surface area contributed by atoms with Crippen LogP contribution in [-0.2, 0) is 20.6 Å². The molecule has 0 bridgehead atoms. The Morgan fingerprint density at radius 3 is 2.46 bits per heavy atom. The first-order chi connectivity index (χ1) is 18.6. The van der Waals surface area contributed by atoms with Gasteiger partial charge in [-0.3, -0.25) is 4.79 Å². The average Bonchev–Trinajstić information content (AvgIpc) is 3.24. The largest absolute Gasteiger partial charge is 0.497 e. The molecule has 1 aromatic rings. The van der Waals surface area contributed by atoms with Gasteiger partial charge in [0.25, 0.3) is 0 Å². The summed E-state index contributed by atoms with van der Waals surface area (Å²) in [4.78, 5) is 12.6. The number of carbonyl (C=O) groups excluding carboxylic acids is 1. The fourth-order valence-electron chi connectivity index (χ4n) is 4.31. The molecule has 2 atom stereocenters. The van der Waals surface area contributed by atoms with E-state index in [1.807, 2.05) is 30.3 Å². The lowest BCUT2D eigenvalue weighted by molar-refractivity contribution is -0.111. The normalized spacial score (nSPS) is 17.4. The first kappa shape index (κ1) is 33.1. The van der Waals surface area contributed by atoms with Gasteiger partial charge in [0.2, 0.25) is 0 Å². The molecule has 0 spiro atoms. The highest BCUT2D eigenvalue weighted by Gasteiger charge is 2.39. The van der Waals surface area contributed by atoms with Crippen LogP contribution in [-0.4, -0.2) is 33.9 Å². The maximum Gasteiger partial charge on any atom is 0.192 e. The maximum absolute atomic E-state index is 12.6. The van der Waals surface area contributed by atoms with Crippen LogP contribution in [0.4, 0.5) is 0 Å². The van der Waals surface area contributed by atoms with E-state index in [0.717, 1.165) is 55.6 Å². The predicted molar refractivity (Wildman–Crippen MR) is 165 cm³/mol. The first-order valence-corrected chi connectivity index (χ1v) is 17.7. The minimum atomic E-state index is -1.87. The van der Waals surface area contributed by atoms with Crippen molar-refractivity contribution in [2.45, 2.75) is 116 Å². The summed E-state index contributed by atoms with van der Waals surface area (Å²) in [6, 6.07) is 7.97. The van der Waals surface area contributed by atoms with Crippen LogP contribution >= 0.6 is 0 Å². The summed E-state index contributed by atoms with van der Waals surface area (Å²) in [5, 5.41) is 0.175. The summed E-state index contributed by atoms with van der Waals surface area (Å²) in [5.41, 5.74) is 2.05. The highest BCUT2D eigenvalue weighted by atomic mass is 28.4. The second-order valence-electron chi connectivity index (χ2n) is 12.1. The molecule has 39 heavy (non-hydrogen) atoms. The molecular formula is C34H52O4Si. The van der Waals surface area contributed by atoms with Crippen LogP contribution in [0.1, 0.15) is 91.0 Å². The van der Waals surface area contributed by atoms with E-state index in [-0.39, 0.29) is 22.8 Å². The van der Waals surface area contributed by atoms with Crippen LogP contribution in [0.3, 0.4) is 0 Å². The zero-order chi connectivity index (χ0) is 28.7.